The summed E-state index contributed by atoms with van der Waals surface area (Å²) in [5, 5.41) is 13.7. The number of benzene rings is 1. The van der Waals surface area contributed by atoms with Crippen molar-refractivity contribution in [3.8, 4) is 17.0 Å². The molecule has 0 aliphatic carbocycles. The number of nitrogens with one attached hydrogen (secondary N) is 1. The van der Waals surface area contributed by atoms with Crippen molar-refractivity contribution in [1.82, 2.24) is 9.97 Å². The van der Waals surface area contributed by atoms with Gasteiger partial charge in [0.1, 0.15) is 12.2 Å². The Morgan fingerprint density at radius 3 is 2.66 bits per heavy atom. The van der Waals surface area contributed by atoms with E-state index in [0.717, 1.165) is 0 Å². The lowest BCUT2D eigenvalue weighted by Crippen LogP contribution is -2.46. The SMILES string of the molecule is CCCC(F)(F)c1cccc(C(=O)Nc2cnc(C)c(-c3cnc(OCCOC)c(C4(O)COC4)c3)c2)c1. The summed E-state index contributed by atoms with van der Waals surface area (Å²) < 4.78 is 44.7. The summed E-state index contributed by atoms with van der Waals surface area (Å²) in [6.07, 6.45) is 3.12. The molecule has 0 spiro atoms. The van der Waals surface area contributed by atoms with E-state index in [-0.39, 0.29) is 43.2 Å². The molecule has 1 aliphatic rings. The number of hydrogen-bond donors (Lipinski definition) is 2. The van der Waals surface area contributed by atoms with E-state index in [1.54, 1.807) is 32.4 Å². The van der Waals surface area contributed by atoms with Gasteiger partial charge in [-0.2, -0.15) is 0 Å². The Morgan fingerprint density at radius 2 is 1.97 bits per heavy atom. The molecule has 0 bridgehead atoms. The molecule has 2 N–H and O–H groups in total. The van der Waals surface area contributed by atoms with Crippen molar-refractivity contribution in [2.45, 2.75) is 38.2 Å². The van der Waals surface area contributed by atoms with Crippen molar-refractivity contribution < 1.29 is 32.9 Å². The summed E-state index contributed by atoms with van der Waals surface area (Å²) in [4.78, 5) is 21.7. The monoisotopic (exact) mass is 527 g/mol. The number of ether oxygens (including phenoxy) is 3. The Hall–Kier alpha value is -3.47. The van der Waals surface area contributed by atoms with Crippen LogP contribution in [-0.4, -0.2) is 54.5 Å². The van der Waals surface area contributed by atoms with Gasteiger partial charge in [-0.05, 0) is 31.2 Å². The largest absolute Gasteiger partial charge is 0.475 e. The number of methoxy groups -OCH3 is 1. The number of anilines is 1. The second-order valence-corrected chi connectivity index (χ2v) is 9.29. The van der Waals surface area contributed by atoms with Crippen molar-refractivity contribution >= 4 is 11.6 Å². The van der Waals surface area contributed by atoms with Crippen molar-refractivity contribution in [3.05, 3.63) is 71.2 Å². The Morgan fingerprint density at radius 1 is 1.18 bits per heavy atom. The maximum absolute atomic E-state index is 14.4. The minimum atomic E-state index is -3.01. The van der Waals surface area contributed by atoms with Gasteiger partial charge in [-0.1, -0.05) is 25.5 Å². The molecule has 4 rings (SSSR count). The molecular formula is C28H31F2N3O5. The van der Waals surface area contributed by atoms with Crippen LogP contribution < -0.4 is 10.1 Å². The highest BCUT2D eigenvalue weighted by molar-refractivity contribution is 6.04. The van der Waals surface area contributed by atoms with E-state index in [4.69, 9.17) is 14.2 Å². The highest BCUT2D eigenvalue weighted by atomic mass is 19.3. The fraction of sp³-hybridized carbons (Fsp3) is 0.393. The number of carbonyl (C=O) groups excluding carboxylic acids is 1. The molecule has 0 atom stereocenters. The average molecular weight is 528 g/mol. The first-order chi connectivity index (χ1) is 18.2. The van der Waals surface area contributed by atoms with E-state index in [1.165, 1.54) is 30.5 Å². The van der Waals surface area contributed by atoms with E-state index in [1.807, 2.05) is 6.92 Å². The number of aryl methyl sites for hydroxylation is 1. The zero-order chi connectivity index (χ0) is 27.3. The third kappa shape index (κ3) is 5.98. The van der Waals surface area contributed by atoms with Crippen LogP contribution in [0.5, 0.6) is 5.88 Å². The maximum Gasteiger partial charge on any atom is 0.273 e. The first kappa shape index (κ1) is 27.6. The van der Waals surface area contributed by atoms with Gasteiger partial charge in [0.2, 0.25) is 5.88 Å². The fourth-order valence-corrected chi connectivity index (χ4v) is 4.16. The first-order valence-corrected chi connectivity index (χ1v) is 12.4. The summed E-state index contributed by atoms with van der Waals surface area (Å²) >= 11 is 0. The van der Waals surface area contributed by atoms with Crippen LogP contribution in [0.4, 0.5) is 14.5 Å². The molecule has 1 aliphatic heterocycles. The van der Waals surface area contributed by atoms with Crippen LogP contribution in [0.2, 0.25) is 0 Å². The average Bonchev–Trinajstić information content (AvgIpc) is 2.89. The molecule has 2 aromatic heterocycles. The van der Waals surface area contributed by atoms with Crippen LogP contribution in [0.3, 0.4) is 0 Å². The van der Waals surface area contributed by atoms with E-state index < -0.39 is 17.4 Å². The van der Waals surface area contributed by atoms with Gasteiger partial charge in [0, 0.05) is 47.7 Å². The summed E-state index contributed by atoms with van der Waals surface area (Å²) in [5.41, 5.74) is 1.55. The predicted octanol–water partition coefficient (Wildman–Crippen LogP) is 4.84. The molecule has 10 heteroatoms. The molecule has 0 radical (unpaired) electrons. The zero-order valence-electron chi connectivity index (χ0n) is 21.6. The van der Waals surface area contributed by atoms with E-state index >= 15 is 0 Å². The van der Waals surface area contributed by atoms with Gasteiger partial charge in [0.25, 0.3) is 11.8 Å². The highest BCUT2D eigenvalue weighted by Crippen LogP contribution is 2.38. The highest BCUT2D eigenvalue weighted by Gasteiger charge is 2.41. The van der Waals surface area contributed by atoms with Gasteiger partial charge >= 0.3 is 0 Å². The molecule has 8 nitrogen and oxygen atoms in total. The van der Waals surface area contributed by atoms with Crippen LogP contribution in [0.1, 0.15) is 46.9 Å². The Bertz CT molecular complexity index is 1300. The van der Waals surface area contributed by atoms with Crippen molar-refractivity contribution in [2.24, 2.45) is 0 Å². The number of aromatic nitrogens is 2. The van der Waals surface area contributed by atoms with Crippen molar-refractivity contribution in [2.75, 3.05) is 38.9 Å². The lowest BCUT2D eigenvalue weighted by molar-refractivity contribution is -0.185. The van der Waals surface area contributed by atoms with Crippen LogP contribution in [0, 0.1) is 6.92 Å². The summed E-state index contributed by atoms with van der Waals surface area (Å²) in [7, 11) is 1.56. The van der Waals surface area contributed by atoms with E-state index in [9.17, 15) is 18.7 Å². The number of aliphatic hydroxyl groups is 1. The summed E-state index contributed by atoms with van der Waals surface area (Å²) in [6.45, 7) is 4.35. The minimum Gasteiger partial charge on any atom is -0.475 e. The molecule has 0 unspecified atom stereocenters. The molecule has 0 saturated carbocycles. The number of nitrogens with zero attached hydrogens (tertiary/aromatic N) is 2. The van der Waals surface area contributed by atoms with Gasteiger partial charge in [0.05, 0.1) is 37.3 Å². The van der Waals surface area contributed by atoms with Gasteiger partial charge < -0.3 is 24.6 Å². The fourth-order valence-electron chi connectivity index (χ4n) is 4.16. The summed E-state index contributed by atoms with van der Waals surface area (Å²) in [6, 6.07) is 8.98. The normalized spacial score (nSPS) is 14.6. The van der Waals surface area contributed by atoms with Crippen LogP contribution in [0.25, 0.3) is 11.1 Å². The first-order valence-electron chi connectivity index (χ1n) is 12.4. The quantitative estimate of drug-likeness (QED) is 0.344. The lowest BCUT2D eigenvalue weighted by atomic mass is 9.90. The van der Waals surface area contributed by atoms with Gasteiger partial charge in [0.15, 0.2) is 0 Å². The summed E-state index contributed by atoms with van der Waals surface area (Å²) in [5.74, 6) is -3.26. The number of carbonyl (C=O) groups is 1. The van der Waals surface area contributed by atoms with Crippen molar-refractivity contribution in [1.29, 1.82) is 0 Å². The number of alkyl halides is 2. The van der Waals surface area contributed by atoms with Gasteiger partial charge in [-0.3, -0.25) is 9.78 Å². The molecule has 1 amide bonds. The molecule has 202 valence electrons. The van der Waals surface area contributed by atoms with Crippen LogP contribution in [-0.2, 0) is 21.0 Å². The number of halogens is 2. The van der Waals surface area contributed by atoms with Gasteiger partial charge in [-0.25, -0.2) is 13.8 Å². The Kier molecular flexibility index (Phi) is 8.35. The van der Waals surface area contributed by atoms with Crippen LogP contribution in [0.15, 0.2) is 48.8 Å². The topological polar surface area (TPSA) is 103 Å². The number of pyridine rings is 2. The smallest absolute Gasteiger partial charge is 0.273 e. The molecular weight excluding hydrogens is 496 g/mol. The zero-order valence-corrected chi connectivity index (χ0v) is 21.6. The molecule has 1 saturated heterocycles. The lowest BCUT2D eigenvalue weighted by Gasteiger charge is -2.37. The second-order valence-electron chi connectivity index (χ2n) is 9.29. The Balaban J connectivity index is 1.60. The third-order valence-electron chi connectivity index (χ3n) is 6.33. The van der Waals surface area contributed by atoms with Crippen molar-refractivity contribution in [3.63, 3.8) is 0 Å². The van der Waals surface area contributed by atoms with Crippen LogP contribution >= 0.6 is 0 Å². The van der Waals surface area contributed by atoms with E-state index in [0.29, 0.717) is 41.1 Å². The molecule has 1 fully saturated rings. The number of amides is 1. The van der Waals surface area contributed by atoms with Gasteiger partial charge in [-0.15, -0.1) is 0 Å². The standard InChI is InChI=1S/C28H31F2N3O5/c1-4-8-28(29,30)21-7-5-6-19(11-21)25(34)33-22-13-23(18(2)31-15-22)20-12-24(27(35)16-37-17-27)26(32-14-20)38-10-9-36-3/h5-7,11-15,35H,4,8-10,16-17H2,1-3H3,(H,33,34). The molecule has 3 aromatic rings. The molecule has 3 heterocycles. The van der Waals surface area contributed by atoms with E-state index in [2.05, 4.69) is 15.3 Å². The number of rotatable bonds is 11. The number of hydrogen-bond acceptors (Lipinski definition) is 7. The minimum absolute atomic E-state index is 0.114. The predicted molar refractivity (Wildman–Crippen MR) is 137 cm³/mol. The maximum atomic E-state index is 14.4. The molecule has 38 heavy (non-hydrogen) atoms. The second kappa shape index (κ2) is 11.5. The molecule has 1 aromatic carbocycles. The third-order valence-corrected chi connectivity index (χ3v) is 6.33. The Labute approximate surface area is 220 Å².